The molecule has 0 spiro atoms. The van der Waals surface area contributed by atoms with Crippen molar-refractivity contribution in [3.05, 3.63) is 41.7 Å². The molecule has 8 nitrogen and oxygen atoms in total. The largest absolute Gasteiger partial charge is 0.495 e. The van der Waals surface area contributed by atoms with Crippen LogP contribution in [-0.4, -0.2) is 51.6 Å². The number of pyridine rings is 1. The molecule has 0 N–H and O–H groups in total. The second-order valence-electron chi connectivity index (χ2n) is 5.44. The highest BCUT2D eigenvalue weighted by atomic mass is 16.5. The van der Waals surface area contributed by atoms with Crippen LogP contribution >= 0.6 is 0 Å². The molecule has 1 aliphatic heterocycles. The van der Waals surface area contributed by atoms with Crippen LogP contribution in [0.25, 0.3) is 10.9 Å². The lowest BCUT2D eigenvalue weighted by molar-refractivity contribution is -0.140. The lowest BCUT2D eigenvalue weighted by atomic mass is 10.1. The number of para-hydroxylation sites is 1. The summed E-state index contributed by atoms with van der Waals surface area (Å²) in [6.45, 7) is 0.0252. The molecule has 3 rings (SSSR count). The number of carbonyl (C=O) groups is 2. The lowest BCUT2D eigenvalue weighted by Gasteiger charge is -2.31. The van der Waals surface area contributed by atoms with Crippen molar-refractivity contribution in [1.29, 1.82) is 0 Å². The third-order valence-electron chi connectivity index (χ3n) is 4.02. The molecule has 1 aromatic heterocycles. The maximum atomic E-state index is 12.4. The molecule has 0 amide bonds. The first-order valence-corrected chi connectivity index (χ1v) is 7.78. The quantitative estimate of drug-likeness (QED) is 0.763. The Bertz CT molecular complexity index is 892. The molecule has 0 saturated carbocycles. The van der Waals surface area contributed by atoms with E-state index in [-0.39, 0.29) is 24.6 Å². The first-order chi connectivity index (χ1) is 12.6. The molecule has 0 fully saturated rings. The summed E-state index contributed by atoms with van der Waals surface area (Å²) in [6, 6.07) is 7.32. The zero-order valence-electron chi connectivity index (χ0n) is 14.6. The molecule has 136 valence electrons. The summed E-state index contributed by atoms with van der Waals surface area (Å²) in [6.07, 6.45) is 1.58. The van der Waals surface area contributed by atoms with Gasteiger partial charge in [-0.2, -0.15) is 0 Å². The van der Waals surface area contributed by atoms with Crippen molar-refractivity contribution in [3.63, 3.8) is 0 Å². The van der Waals surface area contributed by atoms with Crippen LogP contribution in [0, 0.1) is 0 Å². The molecule has 26 heavy (non-hydrogen) atoms. The molecule has 0 unspecified atom stereocenters. The van der Waals surface area contributed by atoms with Gasteiger partial charge in [-0.25, -0.2) is 9.59 Å². The van der Waals surface area contributed by atoms with E-state index in [0.29, 0.717) is 17.0 Å². The van der Waals surface area contributed by atoms with Crippen LogP contribution in [0.5, 0.6) is 5.75 Å². The van der Waals surface area contributed by atoms with Crippen molar-refractivity contribution in [1.82, 2.24) is 4.98 Å². The van der Waals surface area contributed by atoms with Gasteiger partial charge >= 0.3 is 11.9 Å². The number of rotatable bonds is 4. The average molecular weight is 358 g/mol. The molecule has 0 saturated heterocycles. The van der Waals surface area contributed by atoms with E-state index in [1.54, 1.807) is 24.3 Å². The van der Waals surface area contributed by atoms with Crippen molar-refractivity contribution in [2.24, 2.45) is 0 Å². The Balaban J connectivity index is 2.19. The molecule has 8 heteroatoms. The highest BCUT2D eigenvalue weighted by Gasteiger charge is 2.33. The van der Waals surface area contributed by atoms with Gasteiger partial charge in [0.05, 0.1) is 50.9 Å². The fourth-order valence-corrected chi connectivity index (χ4v) is 2.79. The number of methoxy groups -OCH3 is 3. The summed E-state index contributed by atoms with van der Waals surface area (Å²) >= 11 is 0. The van der Waals surface area contributed by atoms with Crippen LogP contribution in [-0.2, 0) is 23.8 Å². The van der Waals surface area contributed by atoms with Crippen molar-refractivity contribution in [3.8, 4) is 5.75 Å². The van der Waals surface area contributed by atoms with Crippen LogP contribution in [0.2, 0.25) is 0 Å². The normalized spacial score (nSPS) is 14.3. The summed E-state index contributed by atoms with van der Waals surface area (Å²) in [5.41, 5.74) is 1.41. The van der Waals surface area contributed by atoms with Crippen molar-refractivity contribution >= 4 is 28.5 Å². The number of benzene rings is 1. The Morgan fingerprint density at radius 1 is 1.15 bits per heavy atom. The van der Waals surface area contributed by atoms with E-state index < -0.39 is 11.9 Å². The predicted octanol–water partition coefficient (Wildman–Crippen LogP) is 1.64. The minimum Gasteiger partial charge on any atom is -0.495 e. The Morgan fingerprint density at radius 3 is 2.62 bits per heavy atom. The van der Waals surface area contributed by atoms with Crippen LogP contribution in [0.3, 0.4) is 0 Å². The number of nitrogens with zero attached hydrogens (tertiary/aromatic N) is 2. The Kier molecular flexibility index (Phi) is 5.04. The van der Waals surface area contributed by atoms with E-state index in [0.717, 1.165) is 5.39 Å². The van der Waals surface area contributed by atoms with Crippen LogP contribution < -0.4 is 9.64 Å². The topological polar surface area (TPSA) is 87.2 Å². The summed E-state index contributed by atoms with van der Waals surface area (Å²) in [4.78, 5) is 30.5. The zero-order chi connectivity index (χ0) is 18.7. The first kappa shape index (κ1) is 17.7. The SMILES string of the molecule is COC(=O)C1=C(C(=O)OC)N(c2cccc3cc(OC)cnc23)COC1. The second-order valence-corrected chi connectivity index (χ2v) is 5.44. The van der Waals surface area contributed by atoms with E-state index in [4.69, 9.17) is 18.9 Å². The highest BCUT2D eigenvalue weighted by molar-refractivity contribution is 6.05. The molecule has 2 heterocycles. The molecule has 0 atom stereocenters. The van der Waals surface area contributed by atoms with Crippen molar-refractivity contribution in [2.45, 2.75) is 0 Å². The number of anilines is 1. The average Bonchev–Trinajstić information content (AvgIpc) is 2.71. The molecule has 1 aromatic carbocycles. The number of fused-ring (bicyclic) bond motifs is 1. The smallest absolute Gasteiger partial charge is 0.355 e. The van der Waals surface area contributed by atoms with E-state index >= 15 is 0 Å². The van der Waals surface area contributed by atoms with E-state index in [2.05, 4.69) is 4.98 Å². The van der Waals surface area contributed by atoms with Gasteiger partial charge in [0.15, 0.2) is 0 Å². The number of hydrogen-bond acceptors (Lipinski definition) is 8. The fourth-order valence-electron chi connectivity index (χ4n) is 2.79. The van der Waals surface area contributed by atoms with Gasteiger partial charge in [-0.1, -0.05) is 12.1 Å². The second kappa shape index (κ2) is 7.40. The zero-order valence-corrected chi connectivity index (χ0v) is 14.6. The van der Waals surface area contributed by atoms with Gasteiger partial charge in [0.2, 0.25) is 0 Å². The number of carbonyl (C=O) groups excluding carboxylic acids is 2. The first-order valence-electron chi connectivity index (χ1n) is 7.78. The number of aromatic nitrogens is 1. The Hall–Kier alpha value is -3.13. The van der Waals surface area contributed by atoms with Gasteiger partial charge in [-0.15, -0.1) is 0 Å². The minimum atomic E-state index is -0.654. The van der Waals surface area contributed by atoms with E-state index in [9.17, 15) is 9.59 Å². The van der Waals surface area contributed by atoms with Crippen LogP contribution in [0.4, 0.5) is 5.69 Å². The van der Waals surface area contributed by atoms with E-state index in [1.165, 1.54) is 14.2 Å². The lowest BCUT2D eigenvalue weighted by Crippen LogP contribution is -2.39. The van der Waals surface area contributed by atoms with Gasteiger partial charge in [0.1, 0.15) is 18.2 Å². The third kappa shape index (κ3) is 3.06. The van der Waals surface area contributed by atoms with Crippen molar-refractivity contribution < 1.29 is 28.5 Å². The van der Waals surface area contributed by atoms with Gasteiger partial charge in [0.25, 0.3) is 0 Å². The van der Waals surface area contributed by atoms with Gasteiger partial charge in [-0.3, -0.25) is 4.98 Å². The van der Waals surface area contributed by atoms with E-state index in [1.807, 2.05) is 18.2 Å². The predicted molar refractivity (Wildman–Crippen MR) is 92.7 cm³/mol. The number of ether oxygens (including phenoxy) is 4. The summed E-state index contributed by atoms with van der Waals surface area (Å²) in [5, 5.41) is 0.816. The monoisotopic (exact) mass is 358 g/mol. The maximum Gasteiger partial charge on any atom is 0.355 e. The third-order valence-corrected chi connectivity index (χ3v) is 4.02. The van der Waals surface area contributed by atoms with Crippen molar-refractivity contribution in [2.75, 3.05) is 39.6 Å². The standard InChI is InChI=1S/C18H18N2O6/c1-23-12-7-11-5-4-6-14(15(11)19-8-12)20-10-26-9-13(17(21)24-2)16(20)18(22)25-3/h4-8H,9-10H2,1-3H3. The molecular formula is C18H18N2O6. The molecule has 0 aliphatic carbocycles. The summed E-state index contributed by atoms with van der Waals surface area (Å²) in [5.74, 6) is -0.687. The number of hydrogen-bond donors (Lipinski definition) is 0. The molecule has 0 bridgehead atoms. The Morgan fingerprint density at radius 2 is 1.92 bits per heavy atom. The van der Waals surface area contributed by atoms with Gasteiger partial charge in [0, 0.05) is 5.39 Å². The van der Waals surface area contributed by atoms with Gasteiger partial charge < -0.3 is 23.8 Å². The summed E-state index contributed by atoms with van der Waals surface area (Å²) < 4.78 is 20.3. The minimum absolute atomic E-state index is 0.0420. The van der Waals surface area contributed by atoms with Crippen LogP contribution in [0.15, 0.2) is 41.7 Å². The Labute approximate surface area is 149 Å². The summed E-state index contributed by atoms with van der Waals surface area (Å²) in [7, 11) is 4.06. The van der Waals surface area contributed by atoms with Gasteiger partial charge in [-0.05, 0) is 12.1 Å². The highest BCUT2D eigenvalue weighted by Crippen LogP contribution is 2.32. The fraction of sp³-hybridized carbons (Fsp3) is 0.278. The molecule has 0 radical (unpaired) electrons. The maximum absolute atomic E-state index is 12.4. The molecular weight excluding hydrogens is 340 g/mol. The van der Waals surface area contributed by atoms with Crippen LogP contribution in [0.1, 0.15) is 0 Å². The molecule has 2 aromatic rings. The molecule has 1 aliphatic rings. The number of esters is 2.